The van der Waals surface area contributed by atoms with Crippen molar-refractivity contribution in [1.82, 2.24) is 14.5 Å². The van der Waals surface area contributed by atoms with Gasteiger partial charge in [0, 0.05) is 24.2 Å². The number of ether oxygens (including phenoxy) is 1. The molecule has 0 radical (unpaired) electrons. The van der Waals surface area contributed by atoms with E-state index in [1.165, 1.54) is 16.7 Å². The molecule has 1 fully saturated rings. The Kier molecular flexibility index (Phi) is 8.24. The third-order valence-corrected chi connectivity index (χ3v) is 8.12. The predicted octanol–water partition coefficient (Wildman–Crippen LogP) is 7.21. The number of fused-ring (bicyclic) bond motifs is 1. The molecule has 0 saturated carbocycles. The van der Waals surface area contributed by atoms with Crippen LogP contribution in [0, 0.1) is 13.8 Å². The second kappa shape index (κ2) is 11.8. The number of imidazole rings is 1. The Labute approximate surface area is 235 Å². The van der Waals surface area contributed by atoms with Gasteiger partial charge in [0.05, 0.1) is 23.7 Å². The molecule has 0 aliphatic carbocycles. The largest absolute Gasteiger partial charge is 0.496 e. The molecule has 3 aromatic carbocycles. The third-order valence-electron chi connectivity index (χ3n) is 7.89. The number of aryl methyl sites for hydroxylation is 3. The van der Waals surface area contributed by atoms with E-state index in [0.29, 0.717) is 10.9 Å². The normalized spacial score (nSPS) is 14.6. The molecular weight excluding hydrogens is 508 g/mol. The average Bonchev–Trinajstić information content (AvgIpc) is 3.26. The van der Waals surface area contributed by atoms with Gasteiger partial charge in [-0.25, -0.2) is 4.98 Å². The molecule has 4 aromatic rings. The Morgan fingerprint density at radius 3 is 2.56 bits per heavy atom. The fourth-order valence-corrected chi connectivity index (χ4v) is 5.85. The third kappa shape index (κ3) is 6.13. The maximum Gasteiger partial charge on any atom is 0.221 e. The molecule has 1 aliphatic rings. The van der Waals surface area contributed by atoms with Gasteiger partial charge in [-0.05, 0) is 118 Å². The van der Waals surface area contributed by atoms with E-state index in [4.69, 9.17) is 21.3 Å². The first-order valence-electron chi connectivity index (χ1n) is 13.7. The topological polar surface area (TPSA) is 59.4 Å². The molecule has 39 heavy (non-hydrogen) atoms. The van der Waals surface area contributed by atoms with Crippen molar-refractivity contribution in [3.05, 3.63) is 76.3 Å². The summed E-state index contributed by atoms with van der Waals surface area (Å²) in [5.41, 5.74) is 7.76. The number of piperidine rings is 1. The minimum atomic E-state index is -0.0325. The smallest absolute Gasteiger partial charge is 0.221 e. The van der Waals surface area contributed by atoms with E-state index in [1.807, 2.05) is 30.3 Å². The van der Waals surface area contributed by atoms with Gasteiger partial charge >= 0.3 is 0 Å². The van der Waals surface area contributed by atoms with Crippen LogP contribution in [0.3, 0.4) is 0 Å². The van der Waals surface area contributed by atoms with E-state index >= 15 is 0 Å². The summed E-state index contributed by atoms with van der Waals surface area (Å²) in [6.07, 6.45) is 3.28. The number of aromatic nitrogens is 2. The summed E-state index contributed by atoms with van der Waals surface area (Å²) >= 11 is 6.40. The van der Waals surface area contributed by atoms with Crippen LogP contribution in [0.15, 0.2) is 54.6 Å². The van der Waals surface area contributed by atoms with Crippen LogP contribution in [-0.2, 0) is 11.3 Å². The summed E-state index contributed by atoms with van der Waals surface area (Å²) in [6.45, 7) is 9.89. The Bertz CT molecular complexity index is 1490. The van der Waals surface area contributed by atoms with Gasteiger partial charge in [0.2, 0.25) is 5.91 Å². The lowest BCUT2D eigenvalue weighted by atomic mass is 9.89. The Balaban J connectivity index is 1.29. The highest BCUT2D eigenvalue weighted by atomic mass is 35.5. The highest BCUT2D eigenvalue weighted by Crippen LogP contribution is 2.35. The Hall–Kier alpha value is -3.35. The number of halogens is 1. The standard InChI is InChI=1S/C32H37ClN4O2/c1-21-17-29-30(18-22(21)2)37(32(35-29)28-20-26(33)9-10-31(28)39-4)14-6-13-36-15-11-24(12-16-36)25-7-5-8-27(19-25)34-23(3)38/h5,7-10,17-20,24H,6,11-16H2,1-4H3,(H,34,38). The molecule has 6 nitrogen and oxygen atoms in total. The van der Waals surface area contributed by atoms with Crippen LogP contribution in [0.2, 0.25) is 5.02 Å². The molecule has 0 bridgehead atoms. The first kappa shape index (κ1) is 27.2. The lowest BCUT2D eigenvalue weighted by Crippen LogP contribution is -2.34. The van der Waals surface area contributed by atoms with Gasteiger partial charge in [0.25, 0.3) is 0 Å². The summed E-state index contributed by atoms with van der Waals surface area (Å²) in [4.78, 5) is 19.1. The number of likely N-dealkylation sites (tertiary alicyclic amines) is 1. The van der Waals surface area contributed by atoms with Crippen LogP contribution in [0.25, 0.3) is 22.4 Å². The van der Waals surface area contributed by atoms with Crippen molar-refractivity contribution >= 4 is 34.2 Å². The average molecular weight is 545 g/mol. The molecule has 1 amide bonds. The number of amides is 1. The quantitative estimate of drug-likeness (QED) is 0.254. The molecule has 0 spiro atoms. The molecule has 204 valence electrons. The van der Waals surface area contributed by atoms with Crippen LogP contribution in [0.4, 0.5) is 5.69 Å². The van der Waals surface area contributed by atoms with Crippen molar-refractivity contribution in [3.8, 4) is 17.1 Å². The molecule has 7 heteroatoms. The van der Waals surface area contributed by atoms with Gasteiger partial charge in [-0.1, -0.05) is 23.7 Å². The van der Waals surface area contributed by atoms with Crippen LogP contribution in [-0.4, -0.2) is 47.1 Å². The number of anilines is 1. The summed E-state index contributed by atoms with van der Waals surface area (Å²) in [7, 11) is 1.69. The van der Waals surface area contributed by atoms with Gasteiger partial charge in [0.15, 0.2) is 0 Å². The molecule has 1 saturated heterocycles. The van der Waals surface area contributed by atoms with Crippen molar-refractivity contribution in [2.45, 2.75) is 52.5 Å². The van der Waals surface area contributed by atoms with Crippen LogP contribution >= 0.6 is 11.6 Å². The summed E-state index contributed by atoms with van der Waals surface area (Å²) < 4.78 is 8.01. The SMILES string of the molecule is COc1ccc(Cl)cc1-c1nc2cc(C)c(C)cc2n1CCCN1CCC(c2cccc(NC(C)=O)c2)CC1. The molecule has 0 unspecified atom stereocenters. The number of nitrogens with one attached hydrogen (secondary N) is 1. The Morgan fingerprint density at radius 1 is 1.05 bits per heavy atom. The fraction of sp³-hybridized carbons (Fsp3) is 0.375. The predicted molar refractivity (Wildman–Crippen MR) is 160 cm³/mol. The van der Waals surface area contributed by atoms with Gasteiger partial charge in [-0.2, -0.15) is 0 Å². The molecule has 1 aliphatic heterocycles. The molecule has 0 atom stereocenters. The number of rotatable bonds is 8. The zero-order chi connectivity index (χ0) is 27.5. The van der Waals surface area contributed by atoms with Crippen molar-refractivity contribution in [3.63, 3.8) is 0 Å². The fourth-order valence-electron chi connectivity index (χ4n) is 5.68. The van der Waals surface area contributed by atoms with Crippen molar-refractivity contribution < 1.29 is 9.53 Å². The molecule has 1 aromatic heterocycles. The minimum absolute atomic E-state index is 0.0325. The Morgan fingerprint density at radius 2 is 1.82 bits per heavy atom. The molecule has 5 rings (SSSR count). The molecular formula is C32H37ClN4O2. The zero-order valence-corrected chi connectivity index (χ0v) is 24.0. The first-order valence-corrected chi connectivity index (χ1v) is 14.1. The monoisotopic (exact) mass is 544 g/mol. The van der Waals surface area contributed by atoms with Crippen molar-refractivity contribution in [1.29, 1.82) is 0 Å². The van der Waals surface area contributed by atoms with Gasteiger partial charge < -0.3 is 19.5 Å². The maximum absolute atomic E-state index is 11.4. The van der Waals surface area contributed by atoms with E-state index < -0.39 is 0 Å². The zero-order valence-electron chi connectivity index (χ0n) is 23.3. The van der Waals surface area contributed by atoms with Gasteiger partial charge in [-0.15, -0.1) is 0 Å². The molecule has 2 heterocycles. The summed E-state index contributed by atoms with van der Waals surface area (Å²) in [5.74, 6) is 2.16. The number of methoxy groups -OCH3 is 1. The highest BCUT2D eigenvalue weighted by molar-refractivity contribution is 6.31. The lowest BCUT2D eigenvalue weighted by molar-refractivity contribution is -0.114. The summed E-state index contributed by atoms with van der Waals surface area (Å²) in [6, 6.07) is 18.4. The van der Waals surface area contributed by atoms with Gasteiger partial charge in [-0.3, -0.25) is 4.79 Å². The molecule has 1 N–H and O–H groups in total. The van der Waals surface area contributed by atoms with Gasteiger partial charge in [0.1, 0.15) is 11.6 Å². The minimum Gasteiger partial charge on any atom is -0.496 e. The number of hydrogen-bond acceptors (Lipinski definition) is 4. The number of carbonyl (C=O) groups is 1. The van der Waals surface area contributed by atoms with E-state index in [-0.39, 0.29) is 5.91 Å². The van der Waals surface area contributed by atoms with E-state index in [0.717, 1.165) is 79.3 Å². The van der Waals surface area contributed by atoms with E-state index in [9.17, 15) is 4.79 Å². The van der Waals surface area contributed by atoms with Crippen LogP contribution in [0.1, 0.15) is 48.8 Å². The highest BCUT2D eigenvalue weighted by Gasteiger charge is 2.22. The first-order chi connectivity index (χ1) is 18.8. The van der Waals surface area contributed by atoms with E-state index in [1.54, 1.807) is 14.0 Å². The van der Waals surface area contributed by atoms with Crippen molar-refractivity contribution in [2.75, 3.05) is 32.1 Å². The second-order valence-corrected chi connectivity index (χ2v) is 11.1. The number of nitrogens with zero attached hydrogens (tertiary/aromatic N) is 3. The van der Waals surface area contributed by atoms with E-state index in [2.05, 4.69) is 52.9 Å². The number of carbonyl (C=O) groups excluding carboxylic acids is 1. The number of benzene rings is 3. The lowest BCUT2D eigenvalue weighted by Gasteiger charge is -2.32. The summed E-state index contributed by atoms with van der Waals surface area (Å²) in [5, 5.41) is 3.58. The van der Waals surface area contributed by atoms with Crippen molar-refractivity contribution in [2.24, 2.45) is 0 Å². The van der Waals surface area contributed by atoms with Crippen LogP contribution in [0.5, 0.6) is 5.75 Å². The van der Waals surface area contributed by atoms with Crippen LogP contribution < -0.4 is 10.1 Å². The second-order valence-electron chi connectivity index (χ2n) is 10.6. The number of hydrogen-bond donors (Lipinski definition) is 1. The maximum atomic E-state index is 11.4.